The number of methoxy groups -OCH3 is 3. The van der Waals surface area contributed by atoms with Crippen molar-refractivity contribution < 1.29 is 23.8 Å². The van der Waals surface area contributed by atoms with Gasteiger partial charge in [-0.3, -0.25) is 9.59 Å². The maximum Gasteiger partial charge on any atom is 0.227 e. The fourth-order valence-corrected chi connectivity index (χ4v) is 3.17. The summed E-state index contributed by atoms with van der Waals surface area (Å²) < 4.78 is 15.9. The van der Waals surface area contributed by atoms with E-state index >= 15 is 0 Å². The molecule has 0 saturated carbocycles. The minimum absolute atomic E-state index is 0.125. The molecule has 28 heavy (non-hydrogen) atoms. The molecule has 0 bridgehead atoms. The van der Waals surface area contributed by atoms with E-state index in [9.17, 15) is 9.59 Å². The van der Waals surface area contributed by atoms with Crippen molar-refractivity contribution >= 4 is 23.5 Å². The van der Waals surface area contributed by atoms with Crippen LogP contribution in [-0.4, -0.2) is 39.6 Å². The number of ketones is 1. The number of carbonyl (C=O) groups is 2. The first-order valence-corrected chi connectivity index (χ1v) is 9.00. The van der Waals surface area contributed by atoms with Crippen LogP contribution in [0.15, 0.2) is 42.5 Å². The van der Waals surface area contributed by atoms with Gasteiger partial charge in [0, 0.05) is 35.8 Å². The van der Waals surface area contributed by atoms with Crippen LogP contribution in [-0.2, 0) is 4.79 Å². The topological polar surface area (TPSA) is 65.1 Å². The van der Waals surface area contributed by atoms with Crippen LogP contribution in [0.1, 0.15) is 28.8 Å². The van der Waals surface area contributed by atoms with E-state index in [2.05, 4.69) is 0 Å². The van der Waals surface area contributed by atoms with Crippen LogP contribution in [0.2, 0.25) is 0 Å². The highest BCUT2D eigenvalue weighted by molar-refractivity contribution is 6.07. The molecule has 0 spiro atoms. The molecule has 0 aromatic heterocycles. The Bertz CT molecular complexity index is 902. The molecule has 2 aromatic carbocycles. The summed E-state index contributed by atoms with van der Waals surface area (Å²) in [7, 11) is 4.66. The number of ether oxygens (including phenoxy) is 3. The van der Waals surface area contributed by atoms with Crippen molar-refractivity contribution in [3.63, 3.8) is 0 Å². The zero-order chi connectivity index (χ0) is 20.1. The van der Waals surface area contributed by atoms with Crippen LogP contribution in [0, 0.1) is 0 Å². The minimum Gasteiger partial charge on any atom is -0.496 e. The van der Waals surface area contributed by atoms with E-state index in [0.29, 0.717) is 34.8 Å². The molecule has 6 heteroatoms. The van der Waals surface area contributed by atoms with Crippen molar-refractivity contribution in [3.8, 4) is 17.2 Å². The quantitative estimate of drug-likeness (QED) is 0.540. The van der Waals surface area contributed by atoms with E-state index in [1.165, 1.54) is 6.08 Å². The van der Waals surface area contributed by atoms with Crippen molar-refractivity contribution in [2.45, 2.75) is 12.8 Å². The van der Waals surface area contributed by atoms with Crippen LogP contribution in [0.3, 0.4) is 0 Å². The summed E-state index contributed by atoms with van der Waals surface area (Å²) in [5.74, 6) is 1.66. The van der Waals surface area contributed by atoms with Gasteiger partial charge in [-0.15, -0.1) is 0 Å². The van der Waals surface area contributed by atoms with Crippen molar-refractivity contribution in [1.82, 2.24) is 0 Å². The SMILES string of the molecule is COc1cc(OC)c(OC)cc1/C=C/C(=O)c1ccc(N2CCCC2=O)cc1. The van der Waals surface area contributed by atoms with Crippen molar-refractivity contribution in [3.05, 3.63) is 53.6 Å². The molecule has 1 saturated heterocycles. The predicted octanol–water partition coefficient (Wildman–Crippen LogP) is 3.74. The number of amides is 1. The van der Waals surface area contributed by atoms with Crippen molar-refractivity contribution in [2.24, 2.45) is 0 Å². The monoisotopic (exact) mass is 381 g/mol. The minimum atomic E-state index is -0.142. The lowest BCUT2D eigenvalue weighted by molar-refractivity contribution is -0.117. The Morgan fingerprint density at radius 1 is 0.964 bits per heavy atom. The van der Waals surface area contributed by atoms with E-state index in [1.807, 2.05) is 0 Å². The van der Waals surface area contributed by atoms with Crippen LogP contribution in [0.5, 0.6) is 17.2 Å². The van der Waals surface area contributed by atoms with Gasteiger partial charge in [0.2, 0.25) is 5.91 Å². The molecule has 1 amide bonds. The average molecular weight is 381 g/mol. The fourth-order valence-electron chi connectivity index (χ4n) is 3.17. The summed E-state index contributed by atoms with van der Waals surface area (Å²) in [6.07, 6.45) is 4.62. The number of hydrogen-bond donors (Lipinski definition) is 0. The van der Waals surface area contributed by atoms with Crippen LogP contribution in [0.4, 0.5) is 5.69 Å². The molecule has 0 unspecified atom stereocenters. The van der Waals surface area contributed by atoms with Crippen LogP contribution < -0.4 is 19.1 Å². The highest BCUT2D eigenvalue weighted by Gasteiger charge is 2.21. The molecular weight excluding hydrogens is 358 g/mol. The predicted molar refractivity (Wildman–Crippen MR) is 107 cm³/mol. The number of benzene rings is 2. The molecule has 0 aliphatic carbocycles. The molecule has 6 nitrogen and oxygen atoms in total. The van der Waals surface area contributed by atoms with Gasteiger partial charge in [0.05, 0.1) is 21.3 Å². The van der Waals surface area contributed by atoms with Crippen molar-refractivity contribution in [1.29, 1.82) is 0 Å². The van der Waals surface area contributed by atoms with Crippen molar-refractivity contribution in [2.75, 3.05) is 32.8 Å². The van der Waals surface area contributed by atoms with E-state index < -0.39 is 0 Å². The Morgan fingerprint density at radius 3 is 2.18 bits per heavy atom. The Hall–Kier alpha value is -3.28. The van der Waals surface area contributed by atoms with Gasteiger partial charge in [0.15, 0.2) is 17.3 Å². The van der Waals surface area contributed by atoms with Gasteiger partial charge in [-0.1, -0.05) is 0 Å². The Balaban J connectivity index is 1.79. The van der Waals surface area contributed by atoms with Gasteiger partial charge in [-0.25, -0.2) is 0 Å². The number of hydrogen-bond acceptors (Lipinski definition) is 5. The highest BCUT2D eigenvalue weighted by atomic mass is 16.5. The third kappa shape index (κ3) is 4.01. The number of nitrogens with zero attached hydrogens (tertiary/aromatic N) is 1. The standard InChI is InChI=1S/C22H23NO5/c1-26-19-14-21(28-3)20(27-2)13-16(19)8-11-18(24)15-6-9-17(10-7-15)23-12-4-5-22(23)25/h6-11,13-14H,4-5,12H2,1-3H3/b11-8+. The molecule has 0 N–H and O–H groups in total. The molecule has 3 rings (SSSR count). The van der Waals surface area contributed by atoms with Crippen LogP contribution in [0.25, 0.3) is 6.08 Å². The van der Waals surface area contributed by atoms with Gasteiger partial charge in [-0.05, 0) is 48.9 Å². The lowest BCUT2D eigenvalue weighted by Gasteiger charge is -2.15. The van der Waals surface area contributed by atoms with Gasteiger partial charge in [-0.2, -0.15) is 0 Å². The summed E-state index contributed by atoms with van der Waals surface area (Å²) in [6, 6.07) is 10.6. The summed E-state index contributed by atoms with van der Waals surface area (Å²) in [5, 5.41) is 0. The molecule has 1 aliphatic heterocycles. The molecule has 0 radical (unpaired) electrons. The van der Waals surface area contributed by atoms with E-state index in [0.717, 1.165) is 18.7 Å². The fraction of sp³-hybridized carbons (Fsp3) is 0.273. The number of anilines is 1. The first-order chi connectivity index (χ1) is 13.6. The first kappa shape index (κ1) is 19.5. The maximum atomic E-state index is 12.5. The summed E-state index contributed by atoms with van der Waals surface area (Å²) in [5.41, 5.74) is 2.07. The Kier molecular flexibility index (Phi) is 5.99. The highest BCUT2D eigenvalue weighted by Crippen LogP contribution is 2.35. The van der Waals surface area contributed by atoms with Gasteiger partial charge < -0.3 is 19.1 Å². The van der Waals surface area contributed by atoms with Crippen LogP contribution >= 0.6 is 0 Å². The largest absolute Gasteiger partial charge is 0.496 e. The average Bonchev–Trinajstić information content (AvgIpc) is 3.17. The van der Waals surface area contributed by atoms with Gasteiger partial charge in [0.25, 0.3) is 0 Å². The van der Waals surface area contributed by atoms with Gasteiger partial charge in [0.1, 0.15) is 5.75 Å². The maximum absolute atomic E-state index is 12.5. The second-order valence-corrected chi connectivity index (χ2v) is 6.34. The summed E-state index contributed by atoms with van der Waals surface area (Å²) in [6.45, 7) is 0.727. The number of carbonyl (C=O) groups excluding carboxylic acids is 2. The molecular formula is C22H23NO5. The van der Waals surface area contributed by atoms with E-state index in [1.54, 1.807) is 68.7 Å². The number of allylic oxidation sites excluding steroid dienone is 1. The Labute approximate surface area is 164 Å². The second-order valence-electron chi connectivity index (χ2n) is 6.34. The first-order valence-electron chi connectivity index (χ1n) is 9.00. The van der Waals surface area contributed by atoms with E-state index in [-0.39, 0.29) is 11.7 Å². The second kappa shape index (κ2) is 8.61. The molecule has 1 fully saturated rings. The number of rotatable bonds is 7. The normalized spacial score (nSPS) is 13.8. The lowest BCUT2D eigenvalue weighted by Crippen LogP contribution is -2.23. The lowest BCUT2D eigenvalue weighted by atomic mass is 10.1. The Morgan fingerprint density at radius 2 is 1.61 bits per heavy atom. The molecule has 0 atom stereocenters. The smallest absolute Gasteiger partial charge is 0.227 e. The van der Waals surface area contributed by atoms with E-state index in [4.69, 9.17) is 14.2 Å². The molecule has 1 heterocycles. The molecule has 2 aromatic rings. The zero-order valence-electron chi connectivity index (χ0n) is 16.2. The summed E-state index contributed by atoms with van der Waals surface area (Å²) in [4.78, 5) is 26.1. The van der Waals surface area contributed by atoms with Gasteiger partial charge >= 0.3 is 0 Å². The third-order valence-corrected chi connectivity index (χ3v) is 4.69. The molecule has 1 aliphatic rings. The summed E-state index contributed by atoms with van der Waals surface area (Å²) >= 11 is 0. The zero-order valence-corrected chi connectivity index (χ0v) is 16.2. The third-order valence-electron chi connectivity index (χ3n) is 4.69. The molecule has 146 valence electrons.